The van der Waals surface area contributed by atoms with Crippen LogP contribution in [0.1, 0.15) is 0 Å². The fourth-order valence-electron chi connectivity index (χ4n) is 2.64. The second-order valence-electron chi connectivity index (χ2n) is 5.39. The Hall–Kier alpha value is -3.26. The molecule has 1 aliphatic rings. The van der Waals surface area contributed by atoms with E-state index < -0.39 is 0 Å². The monoisotopic (exact) mass is 350 g/mol. The fourth-order valence-corrected chi connectivity index (χ4v) is 3.47. The van der Waals surface area contributed by atoms with Crippen molar-refractivity contribution in [3.8, 4) is 33.3 Å². The van der Waals surface area contributed by atoms with Crippen LogP contribution in [0.2, 0.25) is 0 Å². The van der Waals surface area contributed by atoms with E-state index in [0.29, 0.717) is 27.0 Å². The number of hydrogen-bond donors (Lipinski definition) is 0. The van der Waals surface area contributed by atoms with Gasteiger partial charge in [0.05, 0.1) is 0 Å². The van der Waals surface area contributed by atoms with E-state index in [0.717, 1.165) is 5.56 Å². The number of benzene rings is 2. The summed E-state index contributed by atoms with van der Waals surface area (Å²) in [6.45, 7) is 0.212. The number of rotatable bonds is 2. The Bertz CT molecular complexity index is 1150. The molecule has 7 nitrogen and oxygen atoms in total. The number of hydrogen-bond acceptors (Lipinski definition) is 7. The van der Waals surface area contributed by atoms with Gasteiger partial charge in [0.15, 0.2) is 17.2 Å². The second kappa shape index (κ2) is 5.38. The zero-order valence-corrected chi connectivity index (χ0v) is 13.6. The summed E-state index contributed by atoms with van der Waals surface area (Å²) in [7, 11) is 0. The van der Waals surface area contributed by atoms with Crippen LogP contribution >= 0.6 is 11.3 Å². The zero-order valence-electron chi connectivity index (χ0n) is 12.7. The molecule has 5 rings (SSSR count). The first-order valence-corrected chi connectivity index (χ1v) is 8.33. The van der Waals surface area contributed by atoms with Gasteiger partial charge < -0.3 is 9.47 Å². The molecule has 0 saturated heterocycles. The average molecular weight is 350 g/mol. The first kappa shape index (κ1) is 14.1. The number of fused-ring (bicyclic) bond motifs is 2. The third-order valence-corrected chi connectivity index (χ3v) is 4.81. The zero-order chi connectivity index (χ0) is 16.8. The summed E-state index contributed by atoms with van der Waals surface area (Å²) in [4.78, 5) is 13.2. The Kier molecular flexibility index (Phi) is 3.04. The third-order valence-electron chi connectivity index (χ3n) is 3.86. The van der Waals surface area contributed by atoms with Gasteiger partial charge in [0.2, 0.25) is 11.8 Å². The maximum absolute atomic E-state index is 12.7. The van der Waals surface area contributed by atoms with Gasteiger partial charge in [0, 0.05) is 11.1 Å². The van der Waals surface area contributed by atoms with Crippen molar-refractivity contribution in [2.45, 2.75) is 0 Å². The summed E-state index contributed by atoms with van der Waals surface area (Å²) in [5.41, 5.74) is 1.53. The molecule has 1 aliphatic heterocycles. The number of nitrogens with zero attached hydrogens (tertiary/aromatic N) is 4. The molecule has 0 saturated carbocycles. The highest BCUT2D eigenvalue weighted by atomic mass is 32.1. The second-order valence-corrected chi connectivity index (χ2v) is 6.35. The molecule has 2 aromatic heterocycles. The van der Waals surface area contributed by atoms with E-state index in [9.17, 15) is 4.79 Å². The van der Waals surface area contributed by atoms with Gasteiger partial charge in [0.1, 0.15) is 5.01 Å². The van der Waals surface area contributed by atoms with Gasteiger partial charge >= 0.3 is 5.56 Å². The lowest BCUT2D eigenvalue weighted by Gasteiger charge is -1.98. The summed E-state index contributed by atoms with van der Waals surface area (Å²) in [6.07, 6.45) is 0. The number of ether oxygens (including phenoxy) is 2. The third kappa shape index (κ3) is 2.26. The van der Waals surface area contributed by atoms with E-state index in [1.165, 1.54) is 15.9 Å². The molecule has 122 valence electrons. The Labute approximate surface area is 145 Å². The van der Waals surface area contributed by atoms with Crippen LogP contribution in [0.3, 0.4) is 0 Å². The predicted molar refractivity (Wildman–Crippen MR) is 91.9 cm³/mol. The van der Waals surface area contributed by atoms with Crippen molar-refractivity contribution in [2.24, 2.45) is 0 Å². The molecule has 0 unspecified atom stereocenters. The quantitative estimate of drug-likeness (QED) is 0.553. The SMILES string of the molecule is O=c1c(-c2ccccc2)nnc2sc(-c3ccc4c(c3)OCO4)nn12. The molecule has 2 aromatic carbocycles. The maximum atomic E-state index is 12.7. The molecule has 0 fully saturated rings. The Morgan fingerprint density at radius 2 is 1.80 bits per heavy atom. The molecule has 0 aliphatic carbocycles. The van der Waals surface area contributed by atoms with E-state index in [1.807, 2.05) is 48.5 Å². The first-order chi connectivity index (χ1) is 12.3. The summed E-state index contributed by atoms with van der Waals surface area (Å²) in [5.74, 6) is 1.37. The van der Waals surface area contributed by atoms with E-state index in [1.54, 1.807) is 0 Å². The van der Waals surface area contributed by atoms with E-state index >= 15 is 0 Å². The van der Waals surface area contributed by atoms with Gasteiger partial charge in [-0.2, -0.15) is 9.61 Å². The molecule has 0 spiro atoms. The van der Waals surface area contributed by atoms with Crippen LogP contribution in [0.15, 0.2) is 53.3 Å². The van der Waals surface area contributed by atoms with E-state index in [-0.39, 0.29) is 18.0 Å². The van der Waals surface area contributed by atoms with Crippen molar-refractivity contribution >= 4 is 16.3 Å². The van der Waals surface area contributed by atoms with Gasteiger partial charge in [-0.25, -0.2) is 0 Å². The van der Waals surface area contributed by atoms with Crippen molar-refractivity contribution < 1.29 is 9.47 Å². The number of aromatic nitrogens is 4. The molecule has 4 aromatic rings. The van der Waals surface area contributed by atoms with Gasteiger partial charge in [0.25, 0.3) is 0 Å². The summed E-state index contributed by atoms with van der Waals surface area (Å²) < 4.78 is 12.0. The standard InChI is InChI=1S/C17H10N4O3S/c22-16-14(10-4-2-1-3-5-10)18-19-17-21(16)20-15(25-17)11-6-7-12-13(8-11)24-9-23-12/h1-8H,9H2. The topological polar surface area (TPSA) is 78.6 Å². The summed E-state index contributed by atoms with van der Waals surface area (Å²) in [6, 6.07) is 14.8. The van der Waals surface area contributed by atoms with Crippen LogP contribution in [0.4, 0.5) is 0 Å². The van der Waals surface area contributed by atoms with E-state index in [4.69, 9.17) is 9.47 Å². The normalized spacial score (nSPS) is 12.6. The fraction of sp³-hybridized carbons (Fsp3) is 0.0588. The molecule has 0 amide bonds. The van der Waals surface area contributed by atoms with Crippen molar-refractivity contribution in [3.05, 3.63) is 58.9 Å². The molecule has 25 heavy (non-hydrogen) atoms. The highest BCUT2D eigenvalue weighted by Gasteiger charge is 2.18. The van der Waals surface area contributed by atoms with Crippen LogP contribution in [0.5, 0.6) is 11.5 Å². The molecule has 3 heterocycles. The Morgan fingerprint density at radius 1 is 0.960 bits per heavy atom. The van der Waals surface area contributed by atoms with Crippen LogP contribution < -0.4 is 15.0 Å². The molecular formula is C17H10N4O3S. The maximum Gasteiger partial charge on any atom is 0.302 e. The minimum atomic E-state index is -0.292. The molecule has 0 atom stereocenters. The first-order valence-electron chi connectivity index (χ1n) is 7.51. The van der Waals surface area contributed by atoms with Crippen LogP contribution in [-0.4, -0.2) is 26.6 Å². The van der Waals surface area contributed by atoms with E-state index in [2.05, 4.69) is 15.3 Å². The summed E-state index contributed by atoms with van der Waals surface area (Å²) in [5, 5.41) is 13.3. The van der Waals surface area contributed by atoms with Gasteiger partial charge in [-0.1, -0.05) is 41.7 Å². The molecule has 0 N–H and O–H groups in total. The predicted octanol–water partition coefficient (Wildman–Crippen LogP) is 2.61. The van der Waals surface area contributed by atoms with Crippen molar-refractivity contribution in [2.75, 3.05) is 6.79 Å². The minimum absolute atomic E-state index is 0.212. The van der Waals surface area contributed by atoms with Crippen molar-refractivity contribution in [3.63, 3.8) is 0 Å². The van der Waals surface area contributed by atoms with Gasteiger partial charge in [-0.3, -0.25) is 4.79 Å². The van der Waals surface area contributed by atoms with Gasteiger partial charge in [-0.05, 0) is 18.2 Å². The highest BCUT2D eigenvalue weighted by molar-refractivity contribution is 7.19. The van der Waals surface area contributed by atoms with Crippen molar-refractivity contribution in [1.82, 2.24) is 19.8 Å². The van der Waals surface area contributed by atoms with Crippen LogP contribution in [0.25, 0.3) is 26.8 Å². The lowest BCUT2D eigenvalue weighted by Crippen LogP contribution is -2.19. The largest absolute Gasteiger partial charge is 0.454 e. The smallest absolute Gasteiger partial charge is 0.302 e. The van der Waals surface area contributed by atoms with Crippen LogP contribution in [-0.2, 0) is 0 Å². The lowest BCUT2D eigenvalue weighted by molar-refractivity contribution is 0.174. The molecule has 8 heteroatoms. The lowest BCUT2D eigenvalue weighted by atomic mass is 10.2. The Balaban J connectivity index is 1.65. The molecular weight excluding hydrogens is 340 g/mol. The highest BCUT2D eigenvalue weighted by Crippen LogP contribution is 2.36. The average Bonchev–Trinajstić information content (AvgIpc) is 3.29. The molecule has 0 bridgehead atoms. The van der Waals surface area contributed by atoms with Crippen molar-refractivity contribution in [1.29, 1.82) is 0 Å². The Morgan fingerprint density at radius 3 is 2.68 bits per heavy atom. The summed E-state index contributed by atoms with van der Waals surface area (Å²) >= 11 is 1.30. The van der Waals surface area contributed by atoms with Gasteiger partial charge in [-0.15, -0.1) is 10.2 Å². The molecule has 0 radical (unpaired) electrons. The minimum Gasteiger partial charge on any atom is -0.454 e. The van der Waals surface area contributed by atoms with Crippen LogP contribution in [0, 0.1) is 0 Å².